The molecule has 96 valence electrons. The van der Waals surface area contributed by atoms with E-state index in [-0.39, 0.29) is 5.91 Å². The summed E-state index contributed by atoms with van der Waals surface area (Å²) >= 11 is 7.23. The Bertz CT molecular complexity index is 453. The van der Waals surface area contributed by atoms with E-state index in [1.807, 2.05) is 29.2 Å². The van der Waals surface area contributed by atoms with Gasteiger partial charge in [0.05, 0.1) is 4.99 Å². The van der Waals surface area contributed by atoms with E-state index in [0.717, 1.165) is 35.1 Å². The van der Waals surface area contributed by atoms with E-state index < -0.39 is 0 Å². The first-order valence-corrected chi connectivity index (χ1v) is 7.41. The number of amides is 1. The van der Waals surface area contributed by atoms with Gasteiger partial charge in [0.25, 0.3) is 5.91 Å². The average Bonchev–Trinajstić information content (AvgIpc) is 2.39. The molecule has 2 rings (SSSR count). The van der Waals surface area contributed by atoms with E-state index in [1.54, 1.807) is 0 Å². The zero-order valence-corrected chi connectivity index (χ0v) is 12.9. The molecule has 1 aliphatic heterocycles. The van der Waals surface area contributed by atoms with Crippen molar-refractivity contribution in [2.45, 2.75) is 12.8 Å². The van der Waals surface area contributed by atoms with Crippen LogP contribution in [-0.2, 0) is 0 Å². The van der Waals surface area contributed by atoms with E-state index in [4.69, 9.17) is 18.0 Å². The van der Waals surface area contributed by atoms with E-state index in [9.17, 15) is 4.79 Å². The second kappa shape index (κ2) is 5.97. The summed E-state index contributed by atoms with van der Waals surface area (Å²) < 4.78 is 1.14. The normalized spacial score (nSPS) is 16.6. The van der Waals surface area contributed by atoms with Crippen molar-refractivity contribution in [2.24, 2.45) is 11.7 Å². The van der Waals surface area contributed by atoms with Crippen LogP contribution in [0.15, 0.2) is 24.3 Å². The molecule has 0 atom stereocenters. The number of benzene rings is 1. The molecule has 1 heterocycles. The number of hydrogen-bond donors (Lipinski definition) is 1. The average molecular weight is 374 g/mol. The highest BCUT2D eigenvalue weighted by atomic mass is 127. The number of carbonyl (C=O) groups excluding carboxylic acids is 1. The van der Waals surface area contributed by atoms with Crippen molar-refractivity contribution < 1.29 is 4.79 Å². The maximum absolute atomic E-state index is 12.2. The van der Waals surface area contributed by atoms with Crippen molar-refractivity contribution in [1.29, 1.82) is 0 Å². The van der Waals surface area contributed by atoms with Crippen molar-refractivity contribution in [2.75, 3.05) is 13.1 Å². The number of nitrogens with zero attached hydrogens (tertiary/aromatic N) is 1. The second-order valence-corrected chi connectivity index (χ2v) is 6.19. The number of carbonyl (C=O) groups is 1. The van der Waals surface area contributed by atoms with Gasteiger partial charge in [0.15, 0.2) is 0 Å². The summed E-state index contributed by atoms with van der Waals surface area (Å²) in [7, 11) is 0. The number of piperidine rings is 1. The Morgan fingerprint density at radius 2 is 1.83 bits per heavy atom. The van der Waals surface area contributed by atoms with Crippen LogP contribution >= 0.6 is 34.8 Å². The fourth-order valence-corrected chi connectivity index (χ4v) is 2.74. The maximum Gasteiger partial charge on any atom is 0.253 e. The fourth-order valence-electron chi connectivity index (χ4n) is 2.14. The van der Waals surface area contributed by atoms with Gasteiger partial charge < -0.3 is 10.6 Å². The summed E-state index contributed by atoms with van der Waals surface area (Å²) in [5, 5.41) is 0. The Morgan fingerprint density at radius 3 is 2.33 bits per heavy atom. The summed E-state index contributed by atoms with van der Waals surface area (Å²) in [5.41, 5.74) is 6.40. The number of nitrogens with two attached hydrogens (primary N) is 1. The molecule has 0 aromatic heterocycles. The first-order chi connectivity index (χ1) is 8.58. The van der Waals surface area contributed by atoms with Crippen LogP contribution in [0.4, 0.5) is 0 Å². The lowest BCUT2D eigenvalue weighted by molar-refractivity contribution is 0.0710. The van der Waals surface area contributed by atoms with Gasteiger partial charge in [-0.2, -0.15) is 0 Å². The van der Waals surface area contributed by atoms with E-state index in [1.165, 1.54) is 0 Å². The van der Waals surface area contributed by atoms with Crippen LogP contribution in [0.1, 0.15) is 23.2 Å². The molecule has 1 aliphatic rings. The standard InChI is InChI=1S/C13H15IN2OS/c14-11-3-1-10(2-4-11)13(17)16-7-5-9(6-8-16)12(15)18/h1-4,9H,5-8H2,(H2,15,18). The van der Waals surface area contributed by atoms with Crippen LogP contribution in [0, 0.1) is 9.49 Å². The van der Waals surface area contributed by atoms with E-state index >= 15 is 0 Å². The highest BCUT2D eigenvalue weighted by Crippen LogP contribution is 2.19. The lowest BCUT2D eigenvalue weighted by Gasteiger charge is -2.31. The summed E-state index contributed by atoms with van der Waals surface area (Å²) in [6.45, 7) is 1.49. The van der Waals surface area contributed by atoms with Crippen LogP contribution in [0.5, 0.6) is 0 Å². The van der Waals surface area contributed by atoms with Gasteiger partial charge in [-0.05, 0) is 59.7 Å². The van der Waals surface area contributed by atoms with Gasteiger partial charge in [0.1, 0.15) is 0 Å². The fraction of sp³-hybridized carbons (Fsp3) is 0.385. The molecule has 3 nitrogen and oxygen atoms in total. The number of rotatable bonds is 2. The molecule has 5 heteroatoms. The molecule has 1 saturated heterocycles. The zero-order chi connectivity index (χ0) is 13.1. The van der Waals surface area contributed by atoms with Gasteiger partial charge in [-0.25, -0.2) is 0 Å². The van der Waals surface area contributed by atoms with Crippen molar-refractivity contribution >= 4 is 45.7 Å². The quantitative estimate of drug-likeness (QED) is 0.639. The Hall–Kier alpha value is -0.690. The van der Waals surface area contributed by atoms with Crippen molar-refractivity contribution in [3.63, 3.8) is 0 Å². The number of likely N-dealkylation sites (tertiary alicyclic amines) is 1. The lowest BCUT2D eigenvalue weighted by Crippen LogP contribution is -2.41. The van der Waals surface area contributed by atoms with Gasteiger partial charge in [-0.1, -0.05) is 12.2 Å². The van der Waals surface area contributed by atoms with E-state index in [0.29, 0.717) is 10.9 Å². The second-order valence-electron chi connectivity index (χ2n) is 4.48. The summed E-state index contributed by atoms with van der Waals surface area (Å²) in [6.07, 6.45) is 1.76. The largest absolute Gasteiger partial charge is 0.393 e. The first-order valence-electron chi connectivity index (χ1n) is 5.92. The summed E-state index contributed by atoms with van der Waals surface area (Å²) in [4.78, 5) is 14.7. The van der Waals surface area contributed by atoms with Gasteiger partial charge >= 0.3 is 0 Å². The van der Waals surface area contributed by atoms with Gasteiger partial charge in [-0.15, -0.1) is 0 Å². The molecule has 0 aliphatic carbocycles. The molecular weight excluding hydrogens is 359 g/mol. The summed E-state index contributed by atoms with van der Waals surface area (Å²) in [5.74, 6) is 0.397. The minimum Gasteiger partial charge on any atom is -0.393 e. The lowest BCUT2D eigenvalue weighted by atomic mass is 9.96. The monoisotopic (exact) mass is 374 g/mol. The third-order valence-corrected chi connectivity index (χ3v) is 4.33. The molecule has 0 radical (unpaired) electrons. The van der Waals surface area contributed by atoms with Crippen molar-refractivity contribution in [1.82, 2.24) is 4.90 Å². The third-order valence-electron chi connectivity index (χ3n) is 3.28. The molecule has 1 fully saturated rings. The predicted octanol–water partition coefficient (Wildman–Crippen LogP) is 2.43. The van der Waals surface area contributed by atoms with Gasteiger partial charge in [-0.3, -0.25) is 4.79 Å². The van der Waals surface area contributed by atoms with Crippen LogP contribution < -0.4 is 5.73 Å². The SMILES string of the molecule is NC(=S)C1CCN(C(=O)c2ccc(I)cc2)CC1. The number of hydrogen-bond acceptors (Lipinski definition) is 2. The van der Waals surface area contributed by atoms with Crippen molar-refractivity contribution in [3.8, 4) is 0 Å². The van der Waals surface area contributed by atoms with Gasteiger partial charge in [0.2, 0.25) is 0 Å². The Morgan fingerprint density at radius 1 is 1.28 bits per heavy atom. The molecule has 1 aromatic carbocycles. The molecule has 1 amide bonds. The zero-order valence-electron chi connectivity index (χ0n) is 9.93. The number of thiocarbonyl (C=S) groups is 1. The number of halogens is 1. The Labute approximate surface area is 126 Å². The van der Waals surface area contributed by atoms with Crippen LogP contribution in [0.2, 0.25) is 0 Å². The molecule has 1 aromatic rings. The Balaban J connectivity index is 1.99. The molecular formula is C13H15IN2OS. The van der Waals surface area contributed by atoms with E-state index in [2.05, 4.69) is 22.6 Å². The highest BCUT2D eigenvalue weighted by Gasteiger charge is 2.24. The van der Waals surface area contributed by atoms with Crippen molar-refractivity contribution in [3.05, 3.63) is 33.4 Å². The minimum absolute atomic E-state index is 0.104. The van der Waals surface area contributed by atoms with Crippen LogP contribution in [0.3, 0.4) is 0 Å². The molecule has 0 saturated carbocycles. The highest BCUT2D eigenvalue weighted by molar-refractivity contribution is 14.1. The molecule has 0 bridgehead atoms. The van der Waals surface area contributed by atoms with Crippen LogP contribution in [-0.4, -0.2) is 28.9 Å². The summed E-state index contributed by atoms with van der Waals surface area (Å²) in [6, 6.07) is 7.67. The minimum atomic E-state index is 0.104. The maximum atomic E-state index is 12.2. The van der Waals surface area contributed by atoms with Crippen LogP contribution in [0.25, 0.3) is 0 Å². The third kappa shape index (κ3) is 3.20. The molecule has 18 heavy (non-hydrogen) atoms. The predicted molar refractivity (Wildman–Crippen MR) is 84.6 cm³/mol. The first kappa shape index (κ1) is 13.7. The topological polar surface area (TPSA) is 46.3 Å². The Kier molecular flexibility index (Phi) is 4.55. The van der Waals surface area contributed by atoms with Gasteiger partial charge in [0, 0.05) is 28.1 Å². The molecule has 2 N–H and O–H groups in total. The molecule has 0 spiro atoms. The molecule has 0 unspecified atom stereocenters. The smallest absolute Gasteiger partial charge is 0.253 e.